The molecule has 0 bridgehead atoms. The first-order valence-electron chi connectivity index (χ1n) is 6.27. The molecule has 0 aromatic heterocycles. The lowest BCUT2D eigenvalue weighted by molar-refractivity contribution is 0.324. The largest absolute Gasteiger partial charge is 0.493 e. The number of hydrogen-bond donors (Lipinski definition) is 0. The number of hydrogen-bond acceptors (Lipinski definition) is 4. The van der Waals surface area contributed by atoms with Gasteiger partial charge in [-0.2, -0.15) is 0 Å². The van der Waals surface area contributed by atoms with E-state index in [-0.39, 0.29) is 0 Å². The molecule has 0 spiro atoms. The fourth-order valence-electron chi connectivity index (χ4n) is 1.88. The molecule has 0 saturated carbocycles. The van der Waals surface area contributed by atoms with Crippen LogP contribution < -0.4 is 14.2 Å². The highest BCUT2D eigenvalue weighted by Gasteiger charge is 2.12. The van der Waals surface area contributed by atoms with Crippen LogP contribution in [0, 0.1) is 3.57 Å². The van der Waals surface area contributed by atoms with Gasteiger partial charge in [0, 0.05) is 21.9 Å². The van der Waals surface area contributed by atoms with Gasteiger partial charge in [0.2, 0.25) is 5.75 Å². The number of rotatable bonds is 5. The molecule has 0 radical (unpaired) electrons. The molecule has 5 heteroatoms. The quantitative estimate of drug-likeness (QED) is 0.564. The number of benzene rings is 2. The maximum absolute atomic E-state index is 5.31. The monoisotopic (exact) mass is 397 g/mol. The number of halogens is 1. The predicted molar refractivity (Wildman–Crippen MR) is 92.5 cm³/mol. The Labute approximate surface area is 137 Å². The lowest BCUT2D eigenvalue weighted by atomic mass is 10.2. The molecule has 0 fully saturated rings. The molecule has 2 aromatic carbocycles. The van der Waals surface area contributed by atoms with Crippen LogP contribution in [0.5, 0.6) is 17.2 Å². The molecule has 0 unspecified atom stereocenters. The van der Waals surface area contributed by atoms with Crippen LogP contribution >= 0.6 is 22.6 Å². The zero-order valence-corrected chi connectivity index (χ0v) is 14.2. The summed E-state index contributed by atoms with van der Waals surface area (Å²) >= 11 is 2.27. The topological polar surface area (TPSA) is 40.0 Å². The number of nitrogens with zero attached hydrogens (tertiary/aromatic N) is 1. The van der Waals surface area contributed by atoms with Gasteiger partial charge in [-0.05, 0) is 40.3 Å². The second kappa shape index (κ2) is 7.31. The van der Waals surface area contributed by atoms with Crippen LogP contribution in [-0.4, -0.2) is 27.5 Å². The van der Waals surface area contributed by atoms with Gasteiger partial charge in [-0.3, -0.25) is 4.99 Å². The summed E-state index contributed by atoms with van der Waals surface area (Å²) < 4.78 is 17.1. The SMILES string of the molecule is COc1cc(N=Cc2cccc(I)c2)cc(OC)c1OC. The first-order chi connectivity index (χ1) is 10.2. The molecule has 2 rings (SSSR count). The van der Waals surface area contributed by atoms with E-state index in [4.69, 9.17) is 14.2 Å². The summed E-state index contributed by atoms with van der Waals surface area (Å²) in [7, 11) is 4.75. The van der Waals surface area contributed by atoms with Crippen LogP contribution in [0.15, 0.2) is 41.4 Å². The van der Waals surface area contributed by atoms with E-state index in [2.05, 4.69) is 33.6 Å². The van der Waals surface area contributed by atoms with Crippen molar-refractivity contribution in [2.45, 2.75) is 0 Å². The van der Waals surface area contributed by atoms with Crippen LogP contribution in [-0.2, 0) is 0 Å². The molecular weight excluding hydrogens is 381 g/mol. The third kappa shape index (κ3) is 3.87. The molecule has 0 atom stereocenters. The summed E-state index contributed by atoms with van der Waals surface area (Å²) in [6.07, 6.45) is 1.81. The minimum absolute atomic E-state index is 0.563. The van der Waals surface area contributed by atoms with Crippen molar-refractivity contribution in [1.82, 2.24) is 0 Å². The standard InChI is InChI=1S/C16H16INO3/c1-19-14-8-13(9-15(20-2)16(14)21-3)18-10-11-5-4-6-12(17)7-11/h4-10H,1-3H3. The average molecular weight is 397 g/mol. The Kier molecular flexibility index (Phi) is 5.44. The highest BCUT2D eigenvalue weighted by Crippen LogP contribution is 2.40. The van der Waals surface area contributed by atoms with Crippen molar-refractivity contribution in [3.05, 3.63) is 45.5 Å². The highest BCUT2D eigenvalue weighted by atomic mass is 127. The second-order valence-electron chi connectivity index (χ2n) is 4.20. The maximum Gasteiger partial charge on any atom is 0.203 e. The normalized spacial score (nSPS) is 10.7. The van der Waals surface area contributed by atoms with Gasteiger partial charge in [-0.1, -0.05) is 12.1 Å². The van der Waals surface area contributed by atoms with Crippen molar-refractivity contribution >= 4 is 34.5 Å². The molecular formula is C16H16INO3. The van der Waals surface area contributed by atoms with Gasteiger partial charge in [0.1, 0.15) is 0 Å². The molecule has 0 aliphatic heterocycles. The number of methoxy groups -OCH3 is 3. The number of ether oxygens (including phenoxy) is 3. The van der Waals surface area contributed by atoms with Crippen LogP contribution in [0.3, 0.4) is 0 Å². The van der Waals surface area contributed by atoms with E-state index in [0.717, 1.165) is 11.3 Å². The Hall–Kier alpha value is -1.76. The summed E-state index contributed by atoms with van der Waals surface area (Å²) in [5, 5.41) is 0. The smallest absolute Gasteiger partial charge is 0.203 e. The molecule has 110 valence electrons. The Morgan fingerprint density at radius 3 is 2.14 bits per heavy atom. The van der Waals surface area contributed by atoms with Crippen LogP contribution in [0.1, 0.15) is 5.56 Å². The summed E-state index contributed by atoms with van der Waals surface area (Å²) in [4.78, 5) is 4.47. The Bertz CT molecular complexity index is 631. The van der Waals surface area contributed by atoms with Crippen molar-refractivity contribution in [3.63, 3.8) is 0 Å². The third-order valence-electron chi connectivity index (χ3n) is 2.86. The summed E-state index contributed by atoms with van der Waals surface area (Å²) in [6.45, 7) is 0. The summed E-state index contributed by atoms with van der Waals surface area (Å²) in [5.74, 6) is 1.74. The Morgan fingerprint density at radius 1 is 0.952 bits per heavy atom. The van der Waals surface area contributed by atoms with Gasteiger partial charge in [0.15, 0.2) is 11.5 Å². The van der Waals surface area contributed by atoms with E-state index in [1.165, 1.54) is 3.57 Å². The van der Waals surface area contributed by atoms with Gasteiger partial charge in [0.05, 0.1) is 27.0 Å². The predicted octanol–water partition coefficient (Wildman–Crippen LogP) is 4.07. The van der Waals surface area contributed by atoms with Crippen molar-refractivity contribution in [1.29, 1.82) is 0 Å². The molecule has 0 aliphatic rings. The van der Waals surface area contributed by atoms with Crippen LogP contribution in [0.25, 0.3) is 0 Å². The maximum atomic E-state index is 5.31. The first kappa shape index (κ1) is 15.6. The van der Waals surface area contributed by atoms with Crippen LogP contribution in [0.4, 0.5) is 5.69 Å². The van der Waals surface area contributed by atoms with E-state index in [0.29, 0.717) is 17.2 Å². The molecule has 2 aromatic rings. The lowest BCUT2D eigenvalue weighted by Crippen LogP contribution is -1.94. The molecule has 0 amide bonds. The highest BCUT2D eigenvalue weighted by molar-refractivity contribution is 14.1. The summed E-state index contributed by atoms with van der Waals surface area (Å²) in [6, 6.07) is 11.7. The van der Waals surface area contributed by atoms with Gasteiger partial charge in [-0.25, -0.2) is 0 Å². The van der Waals surface area contributed by atoms with Crippen molar-refractivity contribution < 1.29 is 14.2 Å². The number of aliphatic imine (C=N–C) groups is 1. The van der Waals surface area contributed by atoms with Crippen molar-refractivity contribution in [2.75, 3.05) is 21.3 Å². The zero-order chi connectivity index (χ0) is 15.2. The van der Waals surface area contributed by atoms with E-state index in [1.807, 2.05) is 36.5 Å². The zero-order valence-electron chi connectivity index (χ0n) is 12.1. The molecule has 21 heavy (non-hydrogen) atoms. The summed E-state index contributed by atoms with van der Waals surface area (Å²) in [5.41, 5.74) is 1.78. The minimum Gasteiger partial charge on any atom is -0.493 e. The van der Waals surface area contributed by atoms with E-state index in [1.54, 1.807) is 21.3 Å². The lowest BCUT2D eigenvalue weighted by Gasteiger charge is -2.12. The Balaban J connectivity index is 2.36. The van der Waals surface area contributed by atoms with Crippen molar-refractivity contribution in [3.8, 4) is 17.2 Å². The van der Waals surface area contributed by atoms with Gasteiger partial charge < -0.3 is 14.2 Å². The molecule has 0 aliphatic carbocycles. The molecule has 0 N–H and O–H groups in total. The van der Waals surface area contributed by atoms with Gasteiger partial charge in [-0.15, -0.1) is 0 Å². The third-order valence-corrected chi connectivity index (χ3v) is 3.53. The average Bonchev–Trinajstić information content (AvgIpc) is 2.51. The first-order valence-corrected chi connectivity index (χ1v) is 7.35. The minimum atomic E-state index is 0.563. The van der Waals surface area contributed by atoms with Crippen molar-refractivity contribution in [2.24, 2.45) is 4.99 Å². The van der Waals surface area contributed by atoms with Crippen LogP contribution in [0.2, 0.25) is 0 Å². The second-order valence-corrected chi connectivity index (χ2v) is 5.44. The fraction of sp³-hybridized carbons (Fsp3) is 0.188. The van der Waals surface area contributed by atoms with E-state index >= 15 is 0 Å². The Morgan fingerprint density at radius 2 is 1.62 bits per heavy atom. The van der Waals surface area contributed by atoms with E-state index in [9.17, 15) is 0 Å². The van der Waals surface area contributed by atoms with Gasteiger partial charge in [0.25, 0.3) is 0 Å². The molecule has 4 nitrogen and oxygen atoms in total. The fourth-order valence-corrected chi connectivity index (χ4v) is 2.44. The van der Waals surface area contributed by atoms with E-state index < -0.39 is 0 Å². The molecule has 0 heterocycles. The van der Waals surface area contributed by atoms with Gasteiger partial charge >= 0.3 is 0 Å². The molecule has 0 saturated heterocycles.